The lowest BCUT2D eigenvalue weighted by Crippen LogP contribution is -2.44. The SMILES string of the molecule is CN=C(NCCc1nc(C)c(C)s1)NCC(=O)N1CCc2ccccc21.I. The van der Waals surface area contributed by atoms with Gasteiger partial charge >= 0.3 is 0 Å². The number of halogens is 1. The Balaban J connectivity index is 0.00000261. The fourth-order valence-electron chi connectivity index (χ4n) is 3.01. The average molecular weight is 499 g/mol. The lowest BCUT2D eigenvalue weighted by Gasteiger charge is -2.18. The quantitative estimate of drug-likeness (QED) is 0.377. The van der Waals surface area contributed by atoms with Crippen molar-refractivity contribution in [1.82, 2.24) is 15.6 Å². The summed E-state index contributed by atoms with van der Waals surface area (Å²) < 4.78 is 0. The number of nitrogens with one attached hydrogen (secondary N) is 2. The highest BCUT2D eigenvalue weighted by atomic mass is 127. The summed E-state index contributed by atoms with van der Waals surface area (Å²) in [4.78, 5) is 24.4. The van der Waals surface area contributed by atoms with Crippen LogP contribution in [0.4, 0.5) is 5.69 Å². The average Bonchev–Trinajstić information content (AvgIpc) is 3.21. The predicted molar refractivity (Wildman–Crippen MR) is 123 cm³/mol. The van der Waals surface area contributed by atoms with Gasteiger partial charge in [0.25, 0.3) is 0 Å². The van der Waals surface area contributed by atoms with Crippen molar-refractivity contribution < 1.29 is 4.79 Å². The normalized spacial score (nSPS) is 13.1. The number of aromatic nitrogens is 1. The highest BCUT2D eigenvalue weighted by Crippen LogP contribution is 2.27. The summed E-state index contributed by atoms with van der Waals surface area (Å²) in [6, 6.07) is 8.08. The topological polar surface area (TPSA) is 69.6 Å². The molecule has 0 saturated carbocycles. The van der Waals surface area contributed by atoms with Crippen molar-refractivity contribution >= 4 is 52.9 Å². The van der Waals surface area contributed by atoms with Gasteiger partial charge in [0.1, 0.15) is 0 Å². The molecule has 0 aliphatic carbocycles. The summed E-state index contributed by atoms with van der Waals surface area (Å²) in [5, 5.41) is 7.48. The molecule has 27 heavy (non-hydrogen) atoms. The van der Waals surface area contributed by atoms with Crippen molar-refractivity contribution in [3.05, 3.63) is 45.4 Å². The van der Waals surface area contributed by atoms with Gasteiger partial charge in [-0.3, -0.25) is 9.79 Å². The second-order valence-electron chi connectivity index (χ2n) is 6.28. The zero-order valence-electron chi connectivity index (χ0n) is 15.9. The molecular weight excluding hydrogens is 473 g/mol. The Morgan fingerprint density at radius 2 is 2.07 bits per heavy atom. The summed E-state index contributed by atoms with van der Waals surface area (Å²) >= 11 is 1.73. The number of anilines is 1. The van der Waals surface area contributed by atoms with Gasteiger partial charge in [-0.25, -0.2) is 4.98 Å². The molecule has 0 saturated heterocycles. The van der Waals surface area contributed by atoms with Crippen LogP contribution in [0, 0.1) is 13.8 Å². The minimum absolute atomic E-state index is 0. The van der Waals surface area contributed by atoms with Crippen LogP contribution in [0.3, 0.4) is 0 Å². The van der Waals surface area contributed by atoms with Gasteiger partial charge in [0.05, 0.1) is 17.2 Å². The zero-order valence-corrected chi connectivity index (χ0v) is 19.1. The Bertz CT molecular complexity index is 801. The Labute approximate surface area is 181 Å². The van der Waals surface area contributed by atoms with E-state index >= 15 is 0 Å². The van der Waals surface area contributed by atoms with E-state index in [2.05, 4.69) is 33.6 Å². The molecule has 8 heteroatoms. The molecule has 1 aromatic heterocycles. The number of hydrogen-bond acceptors (Lipinski definition) is 4. The second-order valence-corrected chi connectivity index (χ2v) is 7.56. The van der Waals surface area contributed by atoms with E-state index in [-0.39, 0.29) is 36.4 Å². The van der Waals surface area contributed by atoms with Crippen molar-refractivity contribution in [2.24, 2.45) is 4.99 Å². The minimum Gasteiger partial charge on any atom is -0.356 e. The summed E-state index contributed by atoms with van der Waals surface area (Å²) in [5.74, 6) is 0.694. The summed E-state index contributed by atoms with van der Waals surface area (Å²) in [5.41, 5.74) is 3.36. The molecule has 0 unspecified atom stereocenters. The van der Waals surface area contributed by atoms with Crippen LogP contribution in [0.15, 0.2) is 29.3 Å². The van der Waals surface area contributed by atoms with Gasteiger partial charge < -0.3 is 15.5 Å². The number of para-hydroxylation sites is 1. The molecule has 1 aromatic carbocycles. The van der Waals surface area contributed by atoms with Crippen LogP contribution in [0.2, 0.25) is 0 Å². The van der Waals surface area contributed by atoms with Gasteiger partial charge in [-0.05, 0) is 31.9 Å². The third-order valence-corrected chi connectivity index (χ3v) is 5.66. The van der Waals surface area contributed by atoms with Gasteiger partial charge in [-0.1, -0.05) is 18.2 Å². The number of carbonyl (C=O) groups is 1. The fourth-order valence-corrected chi connectivity index (χ4v) is 3.94. The van der Waals surface area contributed by atoms with Gasteiger partial charge in [-0.2, -0.15) is 0 Å². The smallest absolute Gasteiger partial charge is 0.246 e. The predicted octanol–water partition coefficient (Wildman–Crippen LogP) is 2.67. The Morgan fingerprint density at radius 1 is 1.30 bits per heavy atom. The highest BCUT2D eigenvalue weighted by Gasteiger charge is 2.23. The number of fused-ring (bicyclic) bond motifs is 1. The van der Waals surface area contributed by atoms with E-state index in [1.165, 1.54) is 10.4 Å². The molecule has 0 radical (unpaired) electrons. The number of amides is 1. The van der Waals surface area contributed by atoms with Crippen LogP contribution in [0.5, 0.6) is 0 Å². The van der Waals surface area contributed by atoms with Crippen LogP contribution in [0.25, 0.3) is 0 Å². The van der Waals surface area contributed by atoms with Crippen LogP contribution < -0.4 is 15.5 Å². The van der Waals surface area contributed by atoms with Gasteiger partial charge in [0, 0.05) is 37.1 Å². The largest absolute Gasteiger partial charge is 0.356 e. The maximum absolute atomic E-state index is 12.5. The summed E-state index contributed by atoms with van der Waals surface area (Å²) in [6.07, 6.45) is 1.76. The molecular formula is C19H26IN5OS. The number of carbonyl (C=O) groups excluding carboxylic acids is 1. The lowest BCUT2D eigenvalue weighted by molar-refractivity contribution is -0.117. The highest BCUT2D eigenvalue weighted by molar-refractivity contribution is 14.0. The monoisotopic (exact) mass is 499 g/mol. The first-order valence-corrected chi connectivity index (χ1v) is 9.66. The van der Waals surface area contributed by atoms with Gasteiger partial charge in [-0.15, -0.1) is 35.3 Å². The van der Waals surface area contributed by atoms with Crippen molar-refractivity contribution in [1.29, 1.82) is 0 Å². The summed E-state index contributed by atoms with van der Waals surface area (Å²) in [6.45, 7) is 5.82. The number of benzene rings is 1. The molecule has 1 aliphatic heterocycles. The molecule has 1 aliphatic rings. The molecule has 2 aromatic rings. The van der Waals surface area contributed by atoms with E-state index in [4.69, 9.17) is 0 Å². The number of aryl methyl sites for hydroxylation is 2. The number of thiazole rings is 1. The van der Waals surface area contributed by atoms with E-state index in [1.807, 2.05) is 30.0 Å². The van der Waals surface area contributed by atoms with Crippen molar-refractivity contribution in [2.75, 3.05) is 31.6 Å². The third kappa shape index (κ3) is 5.41. The van der Waals surface area contributed by atoms with Crippen LogP contribution in [-0.4, -0.2) is 43.5 Å². The Hall–Kier alpha value is -1.68. The molecule has 0 fully saturated rings. The van der Waals surface area contributed by atoms with E-state index in [9.17, 15) is 4.79 Å². The number of rotatable bonds is 5. The molecule has 2 N–H and O–H groups in total. The second kappa shape index (κ2) is 10.0. The summed E-state index contributed by atoms with van der Waals surface area (Å²) in [7, 11) is 1.71. The molecule has 0 spiro atoms. The van der Waals surface area contributed by atoms with Crippen molar-refractivity contribution in [2.45, 2.75) is 26.7 Å². The van der Waals surface area contributed by atoms with E-state index in [1.54, 1.807) is 18.4 Å². The molecule has 2 heterocycles. The fraction of sp³-hybridized carbons (Fsp3) is 0.421. The number of guanidine groups is 1. The van der Waals surface area contributed by atoms with Gasteiger partial charge in [0.2, 0.25) is 5.91 Å². The zero-order chi connectivity index (χ0) is 18.5. The molecule has 6 nitrogen and oxygen atoms in total. The minimum atomic E-state index is 0. The first-order valence-electron chi connectivity index (χ1n) is 8.84. The first-order chi connectivity index (χ1) is 12.6. The van der Waals surface area contributed by atoms with Crippen molar-refractivity contribution in [3.8, 4) is 0 Å². The van der Waals surface area contributed by atoms with E-state index < -0.39 is 0 Å². The Morgan fingerprint density at radius 3 is 2.78 bits per heavy atom. The molecule has 0 bridgehead atoms. The van der Waals surface area contributed by atoms with Crippen LogP contribution >= 0.6 is 35.3 Å². The molecule has 1 amide bonds. The lowest BCUT2D eigenvalue weighted by atomic mass is 10.2. The van der Waals surface area contributed by atoms with E-state index in [0.29, 0.717) is 5.96 Å². The maximum Gasteiger partial charge on any atom is 0.246 e. The number of nitrogens with zero attached hydrogens (tertiary/aromatic N) is 3. The van der Waals surface area contributed by atoms with E-state index in [0.717, 1.165) is 42.3 Å². The standard InChI is InChI=1S/C19H25N5OS.HI/c1-13-14(2)26-17(23-13)8-10-21-19(20-3)22-12-18(25)24-11-9-15-6-4-5-7-16(15)24;/h4-7H,8-12H2,1-3H3,(H2,20,21,22);1H. The molecule has 0 atom stereocenters. The molecule has 3 rings (SSSR count). The van der Waals surface area contributed by atoms with Crippen LogP contribution in [-0.2, 0) is 17.6 Å². The van der Waals surface area contributed by atoms with Crippen molar-refractivity contribution in [3.63, 3.8) is 0 Å². The number of aliphatic imine (C=N–C) groups is 1. The number of hydrogen-bond donors (Lipinski definition) is 2. The first kappa shape index (κ1) is 21.6. The Kier molecular flexibility index (Phi) is 8.03. The maximum atomic E-state index is 12.5. The van der Waals surface area contributed by atoms with Crippen LogP contribution in [0.1, 0.15) is 21.1 Å². The third-order valence-electron chi connectivity index (χ3n) is 4.52. The molecule has 146 valence electrons. The van der Waals surface area contributed by atoms with Gasteiger partial charge in [0.15, 0.2) is 5.96 Å².